The summed E-state index contributed by atoms with van der Waals surface area (Å²) in [7, 11) is 0. The van der Waals surface area contributed by atoms with Crippen LogP contribution in [0.1, 0.15) is 47.6 Å². The van der Waals surface area contributed by atoms with Crippen LogP contribution in [0.2, 0.25) is 0 Å². The SMILES string of the molecule is CC1(C)c2cc(-c3ccc4c5c3C=CC3C=CC=C(C=C4)C53)ccc2-c2ccc(-c3ccc4c5c(cccc35)-c3ccc(-c5ccccc5)cc3O4)cc21. The summed E-state index contributed by atoms with van der Waals surface area (Å²) >= 11 is 0. The molecule has 0 fully saturated rings. The van der Waals surface area contributed by atoms with E-state index in [0.717, 1.165) is 22.6 Å². The molecule has 1 heterocycles. The minimum atomic E-state index is -0.152. The predicted octanol–water partition coefficient (Wildman–Crippen LogP) is 14.2. The molecular formula is C53H36O. The highest BCUT2D eigenvalue weighted by atomic mass is 16.5. The summed E-state index contributed by atoms with van der Waals surface area (Å²) in [5.41, 5.74) is 20.7. The van der Waals surface area contributed by atoms with Gasteiger partial charge in [-0.25, -0.2) is 0 Å². The highest BCUT2D eigenvalue weighted by Crippen LogP contribution is 2.54. The molecular weight excluding hydrogens is 653 g/mol. The van der Waals surface area contributed by atoms with Gasteiger partial charge in [0.1, 0.15) is 11.5 Å². The average molecular weight is 689 g/mol. The number of benzene rings is 7. The second-order valence-corrected chi connectivity index (χ2v) is 16.0. The molecule has 0 bridgehead atoms. The molecule has 0 saturated carbocycles. The van der Waals surface area contributed by atoms with Crippen molar-refractivity contribution in [2.75, 3.05) is 0 Å². The third kappa shape index (κ3) is 4.10. The Bertz CT molecular complexity index is 2930. The van der Waals surface area contributed by atoms with Gasteiger partial charge in [0, 0.05) is 28.2 Å². The number of hydrogen-bond acceptors (Lipinski definition) is 1. The maximum Gasteiger partial charge on any atom is 0.135 e. The van der Waals surface area contributed by atoms with Gasteiger partial charge in [-0.2, -0.15) is 0 Å². The number of rotatable bonds is 3. The smallest absolute Gasteiger partial charge is 0.135 e. The van der Waals surface area contributed by atoms with Crippen LogP contribution < -0.4 is 4.74 Å². The van der Waals surface area contributed by atoms with Crippen molar-refractivity contribution in [1.29, 1.82) is 0 Å². The fourth-order valence-electron chi connectivity index (χ4n) is 10.2. The lowest BCUT2D eigenvalue weighted by molar-refractivity contribution is 0.487. The van der Waals surface area contributed by atoms with Crippen LogP contribution in [0.25, 0.3) is 78.6 Å². The van der Waals surface area contributed by atoms with Crippen molar-refractivity contribution in [3.8, 4) is 67.1 Å². The highest BCUT2D eigenvalue weighted by molar-refractivity contribution is 6.10. The lowest BCUT2D eigenvalue weighted by atomic mass is 9.68. The Balaban J connectivity index is 0.936. The van der Waals surface area contributed by atoms with Crippen molar-refractivity contribution in [3.63, 3.8) is 0 Å². The van der Waals surface area contributed by atoms with Gasteiger partial charge in [-0.1, -0.05) is 153 Å². The molecule has 12 rings (SSSR count). The molecule has 0 spiro atoms. The van der Waals surface area contributed by atoms with Gasteiger partial charge < -0.3 is 4.74 Å². The Morgan fingerprint density at radius 3 is 2.09 bits per heavy atom. The molecule has 254 valence electrons. The van der Waals surface area contributed by atoms with Crippen molar-refractivity contribution in [1.82, 2.24) is 0 Å². The molecule has 5 aliphatic rings. The lowest BCUT2D eigenvalue weighted by Gasteiger charge is -2.36. The first kappa shape index (κ1) is 30.1. The molecule has 2 unspecified atom stereocenters. The minimum absolute atomic E-state index is 0.152. The van der Waals surface area contributed by atoms with E-state index in [0.29, 0.717) is 11.8 Å². The summed E-state index contributed by atoms with van der Waals surface area (Å²) in [4.78, 5) is 0. The number of allylic oxidation sites excluding steroid dienone is 6. The maximum absolute atomic E-state index is 6.66. The van der Waals surface area contributed by atoms with E-state index in [2.05, 4.69) is 184 Å². The maximum atomic E-state index is 6.66. The van der Waals surface area contributed by atoms with E-state index >= 15 is 0 Å². The van der Waals surface area contributed by atoms with Gasteiger partial charge in [0.15, 0.2) is 0 Å². The summed E-state index contributed by atoms with van der Waals surface area (Å²) < 4.78 is 6.66. The van der Waals surface area contributed by atoms with Crippen LogP contribution in [0.4, 0.5) is 0 Å². The first-order valence-electron chi connectivity index (χ1n) is 19.2. The van der Waals surface area contributed by atoms with Crippen molar-refractivity contribution in [2.45, 2.75) is 25.2 Å². The minimum Gasteiger partial charge on any atom is -0.456 e. The lowest BCUT2D eigenvalue weighted by Crippen LogP contribution is -2.21. The van der Waals surface area contributed by atoms with Gasteiger partial charge in [-0.15, -0.1) is 0 Å². The quantitative estimate of drug-likeness (QED) is 0.180. The van der Waals surface area contributed by atoms with Crippen molar-refractivity contribution in [3.05, 3.63) is 191 Å². The van der Waals surface area contributed by atoms with Gasteiger partial charge in [0.25, 0.3) is 0 Å². The summed E-state index contributed by atoms with van der Waals surface area (Å²) in [6, 6.07) is 47.2. The molecule has 0 amide bonds. The van der Waals surface area contributed by atoms with Crippen LogP contribution in [0.3, 0.4) is 0 Å². The third-order valence-electron chi connectivity index (χ3n) is 12.8. The van der Waals surface area contributed by atoms with E-state index in [-0.39, 0.29) is 5.41 Å². The van der Waals surface area contributed by atoms with E-state index in [4.69, 9.17) is 4.74 Å². The molecule has 1 nitrogen and oxygen atoms in total. The van der Waals surface area contributed by atoms with Crippen LogP contribution >= 0.6 is 0 Å². The zero-order valence-corrected chi connectivity index (χ0v) is 30.2. The molecule has 1 aliphatic heterocycles. The summed E-state index contributed by atoms with van der Waals surface area (Å²) in [5, 5.41) is 2.40. The number of fused-ring (bicyclic) bond motifs is 5. The van der Waals surface area contributed by atoms with Crippen molar-refractivity contribution in [2.24, 2.45) is 5.92 Å². The van der Waals surface area contributed by atoms with Gasteiger partial charge in [-0.05, 0) is 119 Å². The molecule has 0 aromatic heterocycles. The molecule has 1 heteroatoms. The Morgan fingerprint density at radius 2 is 1.26 bits per heavy atom. The van der Waals surface area contributed by atoms with E-state index in [1.165, 1.54) is 88.7 Å². The van der Waals surface area contributed by atoms with E-state index in [1.54, 1.807) is 0 Å². The van der Waals surface area contributed by atoms with Crippen LogP contribution in [-0.2, 0) is 5.41 Å². The molecule has 0 radical (unpaired) electrons. The molecule has 7 aromatic carbocycles. The third-order valence-corrected chi connectivity index (χ3v) is 12.8. The van der Waals surface area contributed by atoms with Crippen LogP contribution in [-0.4, -0.2) is 0 Å². The average Bonchev–Trinajstić information content (AvgIpc) is 3.45. The van der Waals surface area contributed by atoms with Crippen molar-refractivity contribution >= 4 is 22.9 Å². The van der Waals surface area contributed by atoms with E-state index < -0.39 is 0 Å². The summed E-state index contributed by atoms with van der Waals surface area (Å²) in [5.74, 6) is 2.66. The molecule has 2 atom stereocenters. The van der Waals surface area contributed by atoms with Crippen LogP contribution in [0.5, 0.6) is 11.5 Å². The van der Waals surface area contributed by atoms with Gasteiger partial charge >= 0.3 is 0 Å². The molecule has 0 saturated heterocycles. The van der Waals surface area contributed by atoms with Gasteiger partial charge in [0.2, 0.25) is 0 Å². The summed E-state index contributed by atoms with van der Waals surface area (Å²) in [6.45, 7) is 4.80. The Labute approximate surface area is 315 Å². The Kier molecular flexibility index (Phi) is 6.02. The second kappa shape index (κ2) is 10.8. The first-order valence-corrected chi connectivity index (χ1v) is 19.2. The Hall–Kier alpha value is -6.44. The zero-order valence-electron chi connectivity index (χ0n) is 30.2. The predicted molar refractivity (Wildman–Crippen MR) is 225 cm³/mol. The standard InChI is InChI=1S/C53H36O/c1-53(2)46-28-36(38-21-16-34-15-14-32-10-6-11-33-17-25-45(38)51(34)50(32)33)19-22-40(46)41-23-20-37(29-47(41)53)39-26-27-48-52-43(39)12-7-13-44(52)42-24-18-35(30-49(42)54-48)31-8-4-3-5-9-31/h3-30,33,50H,1-2H3. The normalized spacial score (nSPS) is 18.4. The van der Waals surface area contributed by atoms with Gasteiger partial charge in [-0.3, -0.25) is 0 Å². The van der Waals surface area contributed by atoms with E-state index in [1.807, 2.05) is 0 Å². The topological polar surface area (TPSA) is 9.23 Å². The number of ether oxygens (including phenoxy) is 1. The van der Waals surface area contributed by atoms with Crippen LogP contribution in [0.15, 0.2) is 163 Å². The number of hydrogen-bond donors (Lipinski definition) is 0. The first-order chi connectivity index (χ1) is 26.5. The molecule has 4 aliphatic carbocycles. The fourth-order valence-corrected chi connectivity index (χ4v) is 10.2. The van der Waals surface area contributed by atoms with Gasteiger partial charge in [0.05, 0.1) is 0 Å². The summed E-state index contributed by atoms with van der Waals surface area (Å²) in [6.07, 6.45) is 16.3. The molecule has 7 aromatic rings. The largest absolute Gasteiger partial charge is 0.456 e. The van der Waals surface area contributed by atoms with Crippen molar-refractivity contribution < 1.29 is 4.74 Å². The fraction of sp³-hybridized carbons (Fsp3) is 0.0943. The molecule has 54 heavy (non-hydrogen) atoms. The second-order valence-electron chi connectivity index (χ2n) is 16.0. The van der Waals surface area contributed by atoms with Crippen LogP contribution in [0, 0.1) is 5.92 Å². The monoisotopic (exact) mass is 688 g/mol. The zero-order chi connectivity index (χ0) is 35.7. The van der Waals surface area contributed by atoms with E-state index in [9.17, 15) is 0 Å². The molecule has 0 N–H and O–H groups in total. The highest BCUT2D eigenvalue weighted by Gasteiger charge is 2.37. The Morgan fingerprint density at radius 1 is 0.519 bits per heavy atom.